The number of aryl methyl sites for hydroxylation is 1. The standard InChI is InChI=1S/C22H37N7OS.HI/c1-3-21-27-26-18-29(21)14-11-24-22(23-10-8-15-30-4-2)25-17-19(20-9-7-16-31-20)28-12-5-6-13-28;/h7,9,16,18-19H,3-6,8,10-15,17H2,1-2H3,(H2,23,24,25);1H. The van der Waals surface area contributed by atoms with Gasteiger partial charge in [-0.2, -0.15) is 0 Å². The summed E-state index contributed by atoms with van der Waals surface area (Å²) in [5.41, 5.74) is 0. The van der Waals surface area contributed by atoms with Gasteiger partial charge in [-0.1, -0.05) is 13.0 Å². The van der Waals surface area contributed by atoms with Gasteiger partial charge >= 0.3 is 0 Å². The zero-order chi connectivity index (χ0) is 21.7. The van der Waals surface area contributed by atoms with Crippen molar-refractivity contribution in [1.82, 2.24) is 30.3 Å². The maximum Gasteiger partial charge on any atom is 0.191 e. The van der Waals surface area contributed by atoms with E-state index in [0.29, 0.717) is 6.04 Å². The summed E-state index contributed by atoms with van der Waals surface area (Å²) in [5, 5.41) is 17.3. The van der Waals surface area contributed by atoms with Crippen molar-refractivity contribution in [3.8, 4) is 0 Å². The van der Waals surface area contributed by atoms with E-state index in [1.54, 1.807) is 6.33 Å². The first-order valence-electron chi connectivity index (χ1n) is 11.6. The molecule has 0 aliphatic carbocycles. The molecule has 2 aromatic rings. The molecule has 1 atom stereocenters. The number of nitrogens with zero attached hydrogens (tertiary/aromatic N) is 5. The highest BCUT2D eigenvalue weighted by Crippen LogP contribution is 2.28. The van der Waals surface area contributed by atoms with Crippen LogP contribution in [0.3, 0.4) is 0 Å². The molecule has 2 aromatic heterocycles. The fraction of sp³-hybridized carbons (Fsp3) is 0.682. The molecule has 3 rings (SSSR count). The fourth-order valence-electron chi connectivity index (χ4n) is 3.83. The van der Waals surface area contributed by atoms with Gasteiger partial charge in [0.2, 0.25) is 0 Å². The monoisotopic (exact) mass is 575 g/mol. The van der Waals surface area contributed by atoms with E-state index >= 15 is 0 Å². The number of aromatic nitrogens is 3. The maximum absolute atomic E-state index is 5.46. The van der Waals surface area contributed by atoms with E-state index in [2.05, 4.69) is 54.7 Å². The molecule has 180 valence electrons. The lowest BCUT2D eigenvalue weighted by molar-refractivity contribution is 0.145. The zero-order valence-electron chi connectivity index (χ0n) is 19.3. The molecule has 1 unspecified atom stereocenters. The molecule has 0 spiro atoms. The predicted molar refractivity (Wildman–Crippen MR) is 142 cm³/mol. The summed E-state index contributed by atoms with van der Waals surface area (Å²) in [6, 6.07) is 4.74. The zero-order valence-corrected chi connectivity index (χ0v) is 22.5. The number of hydrogen-bond acceptors (Lipinski definition) is 6. The van der Waals surface area contributed by atoms with Crippen molar-refractivity contribution >= 4 is 41.3 Å². The first kappa shape index (κ1) is 27.0. The van der Waals surface area contributed by atoms with Gasteiger partial charge in [-0.25, -0.2) is 0 Å². The minimum atomic E-state index is 0. The van der Waals surface area contributed by atoms with Crippen LogP contribution in [0.25, 0.3) is 0 Å². The number of rotatable bonds is 13. The van der Waals surface area contributed by atoms with Gasteiger partial charge in [-0.15, -0.1) is 45.5 Å². The van der Waals surface area contributed by atoms with Crippen LogP contribution in [0.4, 0.5) is 0 Å². The molecule has 1 aliphatic heterocycles. The molecule has 1 fully saturated rings. The molecule has 2 N–H and O–H groups in total. The average Bonchev–Trinajstić information content (AvgIpc) is 3.56. The van der Waals surface area contributed by atoms with E-state index in [0.717, 1.165) is 77.1 Å². The Morgan fingerprint density at radius 3 is 2.78 bits per heavy atom. The van der Waals surface area contributed by atoms with Gasteiger partial charge in [0.15, 0.2) is 5.96 Å². The molecule has 0 saturated carbocycles. The number of likely N-dealkylation sites (tertiary alicyclic amines) is 1. The van der Waals surface area contributed by atoms with Crippen LogP contribution in [0, 0.1) is 0 Å². The van der Waals surface area contributed by atoms with Crippen molar-refractivity contribution in [2.75, 3.05) is 45.9 Å². The van der Waals surface area contributed by atoms with Crippen molar-refractivity contribution in [3.05, 3.63) is 34.5 Å². The molecular weight excluding hydrogens is 537 g/mol. The molecule has 0 radical (unpaired) electrons. The van der Waals surface area contributed by atoms with E-state index in [-0.39, 0.29) is 24.0 Å². The predicted octanol–water partition coefficient (Wildman–Crippen LogP) is 3.32. The molecule has 8 nitrogen and oxygen atoms in total. The molecule has 10 heteroatoms. The smallest absolute Gasteiger partial charge is 0.191 e. The average molecular weight is 576 g/mol. The van der Waals surface area contributed by atoms with Gasteiger partial charge in [0, 0.05) is 44.1 Å². The van der Waals surface area contributed by atoms with Crippen LogP contribution in [0.1, 0.15) is 49.9 Å². The molecule has 32 heavy (non-hydrogen) atoms. The second-order valence-electron chi connectivity index (χ2n) is 7.66. The highest BCUT2D eigenvalue weighted by molar-refractivity contribution is 14.0. The highest BCUT2D eigenvalue weighted by Gasteiger charge is 2.24. The third-order valence-corrected chi connectivity index (χ3v) is 6.47. The summed E-state index contributed by atoms with van der Waals surface area (Å²) >= 11 is 1.83. The first-order valence-corrected chi connectivity index (χ1v) is 12.4. The Morgan fingerprint density at radius 2 is 2.06 bits per heavy atom. The number of hydrogen-bond donors (Lipinski definition) is 2. The van der Waals surface area contributed by atoms with Crippen LogP contribution in [0.5, 0.6) is 0 Å². The summed E-state index contributed by atoms with van der Waals surface area (Å²) in [6.45, 7) is 11.2. The Bertz CT molecular complexity index is 762. The lowest BCUT2D eigenvalue weighted by Crippen LogP contribution is -2.40. The highest BCUT2D eigenvalue weighted by atomic mass is 127. The lowest BCUT2D eigenvalue weighted by atomic mass is 10.2. The van der Waals surface area contributed by atoms with Crippen LogP contribution in [0.2, 0.25) is 0 Å². The normalized spacial score (nSPS) is 15.5. The van der Waals surface area contributed by atoms with Crippen molar-refractivity contribution in [2.45, 2.75) is 52.1 Å². The molecule has 0 amide bonds. The van der Waals surface area contributed by atoms with Crippen molar-refractivity contribution in [1.29, 1.82) is 0 Å². The van der Waals surface area contributed by atoms with Gasteiger partial charge in [-0.3, -0.25) is 9.89 Å². The second-order valence-corrected chi connectivity index (χ2v) is 8.64. The SMILES string of the molecule is CCOCCCNC(=NCC(c1cccs1)N1CCCC1)NCCn1cnnc1CC.I. The molecule has 1 saturated heterocycles. The number of nitrogens with one attached hydrogen (secondary N) is 2. The largest absolute Gasteiger partial charge is 0.382 e. The summed E-state index contributed by atoms with van der Waals surface area (Å²) in [4.78, 5) is 8.96. The third kappa shape index (κ3) is 8.60. The molecule has 1 aliphatic rings. The number of thiophene rings is 1. The van der Waals surface area contributed by atoms with Gasteiger partial charge in [0.25, 0.3) is 0 Å². The van der Waals surface area contributed by atoms with Crippen LogP contribution >= 0.6 is 35.3 Å². The topological polar surface area (TPSA) is 79.6 Å². The van der Waals surface area contributed by atoms with Crippen molar-refractivity contribution < 1.29 is 4.74 Å². The number of guanidine groups is 1. The lowest BCUT2D eigenvalue weighted by Gasteiger charge is -2.25. The van der Waals surface area contributed by atoms with Crippen LogP contribution in [-0.4, -0.2) is 71.6 Å². The summed E-state index contributed by atoms with van der Waals surface area (Å²) in [5.74, 6) is 1.88. The van der Waals surface area contributed by atoms with Crippen LogP contribution in [0.15, 0.2) is 28.8 Å². The first-order chi connectivity index (χ1) is 15.3. The summed E-state index contributed by atoms with van der Waals surface area (Å²) in [6.07, 6.45) is 6.21. The van der Waals surface area contributed by atoms with Gasteiger partial charge in [0.1, 0.15) is 12.2 Å². The van der Waals surface area contributed by atoms with Gasteiger partial charge in [0.05, 0.1) is 12.6 Å². The van der Waals surface area contributed by atoms with E-state index in [9.17, 15) is 0 Å². The van der Waals surface area contributed by atoms with E-state index in [1.807, 2.05) is 18.3 Å². The Kier molecular flexibility index (Phi) is 13.1. The Hall–Kier alpha value is -1.24. The van der Waals surface area contributed by atoms with E-state index in [4.69, 9.17) is 9.73 Å². The Labute approximate surface area is 213 Å². The summed E-state index contributed by atoms with van der Waals surface area (Å²) in [7, 11) is 0. The Morgan fingerprint density at radius 1 is 1.25 bits per heavy atom. The van der Waals surface area contributed by atoms with Gasteiger partial charge in [-0.05, 0) is 50.7 Å². The van der Waals surface area contributed by atoms with Crippen molar-refractivity contribution in [3.63, 3.8) is 0 Å². The van der Waals surface area contributed by atoms with E-state index < -0.39 is 0 Å². The summed E-state index contributed by atoms with van der Waals surface area (Å²) < 4.78 is 7.56. The number of ether oxygens (including phenoxy) is 1. The minimum Gasteiger partial charge on any atom is -0.382 e. The number of halogens is 1. The number of aliphatic imine (C=N–C) groups is 1. The fourth-order valence-corrected chi connectivity index (χ4v) is 4.68. The second kappa shape index (κ2) is 15.6. The van der Waals surface area contributed by atoms with Crippen LogP contribution in [-0.2, 0) is 17.7 Å². The minimum absolute atomic E-state index is 0. The maximum atomic E-state index is 5.46. The molecule has 0 bridgehead atoms. The quantitative estimate of drug-likeness (QED) is 0.165. The third-order valence-electron chi connectivity index (χ3n) is 5.49. The van der Waals surface area contributed by atoms with Crippen molar-refractivity contribution in [2.24, 2.45) is 4.99 Å². The van der Waals surface area contributed by atoms with E-state index in [1.165, 1.54) is 17.7 Å². The molecular formula is C22H38IN7OS. The Balaban J connectivity index is 0.00000363. The molecule has 0 aromatic carbocycles. The molecule has 3 heterocycles. The van der Waals surface area contributed by atoms with Crippen LogP contribution < -0.4 is 10.6 Å². The van der Waals surface area contributed by atoms with Gasteiger partial charge < -0.3 is 19.9 Å².